The predicted molar refractivity (Wildman–Crippen MR) is 64.8 cm³/mol. The van der Waals surface area contributed by atoms with Crippen LogP contribution in [-0.2, 0) is 7.05 Å². The number of nitrogens with zero attached hydrogens (tertiary/aromatic N) is 3. The lowest BCUT2D eigenvalue weighted by atomic mass is 10.0. The van der Waals surface area contributed by atoms with Crippen molar-refractivity contribution < 1.29 is 4.74 Å². The van der Waals surface area contributed by atoms with Crippen LogP contribution in [0, 0.1) is 6.92 Å². The van der Waals surface area contributed by atoms with Gasteiger partial charge in [0.15, 0.2) is 0 Å². The minimum atomic E-state index is -0.223. The fourth-order valence-electron chi connectivity index (χ4n) is 1.85. The van der Waals surface area contributed by atoms with E-state index in [-0.39, 0.29) is 6.04 Å². The lowest BCUT2D eigenvalue weighted by molar-refractivity contribution is 0.411. The van der Waals surface area contributed by atoms with Crippen LogP contribution < -0.4 is 10.5 Å². The van der Waals surface area contributed by atoms with Gasteiger partial charge in [0.2, 0.25) is 0 Å². The smallest absolute Gasteiger partial charge is 0.121 e. The van der Waals surface area contributed by atoms with Crippen molar-refractivity contribution in [1.82, 2.24) is 15.0 Å². The molecule has 17 heavy (non-hydrogen) atoms. The summed E-state index contributed by atoms with van der Waals surface area (Å²) in [6, 6.07) is 5.69. The molecule has 2 rings (SSSR count). The van der Waals surface area contributed by atoms with Crippen LogP contribution in [0.4, 0.5) is 0 Å². The Morgan fingerprint density at radius 3 is 2.71 bits per heavy atom. The lowest BCUT2D eigenvalue weighted by Gasteiger charge is -2.13. The molecular weight excluding hydrogens is 216 g/mol. The first-order chi connectivity index (χ1) is 8.13. The third kappa shape index (κ3) is 2.14. The number of rotatable bonds is 3. The van der Waals surface area contributed by atoms with Crippen molar-refractivity contribution in [1.29, 1.82) is 0 Å². The van der Waals surface area contributed by atoms with Gasteiger partial charge < -0.3 is 10.5 Å². The van der Waals surface area contributed by atoms with Crippen LogP contribution in [0.5, 0.6) is 5.75 Å². The number of hydrogen-bond donors (Lipinski definition) is 1. The van der Waals surface area contributed by atoms with E-state index >= 15 is 0 Å². The standard InChI is InChI=1S/C12H16N4O/c1-8-6-9(4-5-11(8)17-3)12(13)10-7-14-15-16(10)2/h4-7,12H,13H2,1-3H3. The summed E-state index contributed by atoms with van der Waals surface area (Å²) in [5.74, 6) is 0.865. The average molecular weight is 232 g/mol. The summed E-state index contributed by atoms with van der Waals surface area (Å²) in [4.78, 5) is 0. The van der Waals surface area contributed by atoms with Gasteiger partial charge in [-0.25, -0.2) is 0 Å². The normalized spacial score (nSPS) is 12.5. The second-order valence-corrected chi connectivity index (χ2v) is 3.99. The Bertz CT molecular complexity index is 521. The largest absolute Gasteiger partial charge is 0.496 e. The van der Waals surface area contributed by atoms with Gasteiger partial charge in [0, 0.05) is 7.05 Å². The van der Waals surface area contributed by atoms with E-state index in [2.05, 4.69) is 10.3 Å². The number of benzene rings is 1. The molecule has 0 spiro atoms. The van der Waals surface area contributed by atoms with Gasteiger partial charge in [0.05, 0.1) is 25.0 Å². The van der Waals surface area contributed by atoms with Crippen molar-refractivity contribution in [2.75, 3.05) is 7.11 Å². The lowest BCUT2D eigenvalue weighted by Crippen LogP contribution is -2.16. The van der Waals surface area contributed by atoms with Crippen LogP contribution >= 0.6 is 0 Å². The Morgan fingerprint density at radius 1 is 1.41 bits per heavy atom. The van der Waals surface area contributed by atoms with Gasteiger partial charge in [-0.2, -0.15) is 0 Å². The summed E-state index contributed by atoms with van der Waals surface area (Å²) in [5.41, 5.74) is 9.15. The van der Waals surface area contributed by atoms with Crippen LogP contribution in [0.15, 0.2) is 24.4 Å². The summed E-state index contributed by atoms with van der Waals surface area (Å²) in [5, 5.41) is 7.71. The summed E-state index contributed by atoms with van der Waals surface area (Å²) >= 11 is 0. The maximum absolute atomic E-state index is 6.18. The summed E-state index contributed by atoms with van der Waals surface area (Å²) in [6.07, 6.45) is 1.68. The zero-order valence-electron chi connectivity index (χ0n) is 10.2. The van der Waals surface area contributed by atoms with Crippen LogP contribution in [0.3, 0.4) is 0 Å². The highest BCUT2D eigenvalue weighted by atomic mass is 16.5. The second-order valence-electron chi connectivity index (χ2n) is 3.99. The fourth-order valence-corrected chi connectivity index (χ4v) is 1.85. The van der Waals surface area contributed by atoms with Gasteiger partial charge in [-0.1, -0.05) is 17.3 Å². The van der Waals surface area contributed by atoms with E-state index in [0.717, 1.165) is 22.6 Å². The van der Waals surface area contributed by atoms with E-state index in [1.165, 1.54) is 0 Å². The van der Waals surface area contributed by atoms with Gasteiger partial charge in [-0.05, 0) is 24.1 Å². The van der Waals surface area contributed by atoms with Gasteiger partial charge >= 0.3 is 0 Å². The van der Waals surface area contributed by atoms with E-state index < -0.39 is 0 Å². The van der Waals surface area contributed by atoms with Crippen molar-refractivity contribution in [3.05, 3.63) is 41.2 Å². The Balaban J connectivity index is 2.35. The molecule has 5 nitrogen and oxygen atoms in total. The van der Waals surface area contributed by atoms with Crippen molar-refractivity contribution in [3.8, 4) is 5.75 Å². The molecule has 90 valence electrons. The van der Waals surface area contributed by atoms with E-state index in [1.807, 2.05) is 32.2 Å². The number of ether oxygens (including phenoxy) is 1. The maximum Gasteiger partial charge on any atom is 0.121 e. The molecule has 0 radical (unpaired) electrons. The summed E-state index contributed by atoms with van der Waals surface area (Å²) < 4.78 is 6.91. The molecule has 0 aliphatic rings. The summed E-state index contributed by atoms with van der Waals surface area (Å²) in [6.45, 7) is 2.00. The Labute approximate surface area is 100 Å². The molecule has 2 aromatic rings. The minimum Gasteiger partial charge on any atom is -0.496 e. The molecule has 0 aliphatic carbocycles. The summed E-state index contributed by atoms with van der Waals surface area (Å²) in [7, 11) is 3.49. The molecule has 0 saturated carbocycles. The van der Waals surface area contributed by atoms with Crippen molar-refractivity contribution in [2.45, 2.75) is 13.0 Å². The SMILES string of the molecule is COc1ccc(C(N)c2cnnn2C)cc1C. The molecular formula is C12H16N4O. The first-order valence-electron chi connectivity index (χ1n) is 5.38. The molecule has 2 N–H and O–H groups in total. The zero-order chi connectivity index (χ0) is 12.4. The molecule has 0 fully saturated rings. The molecule has 0 amide bonds. The van der Waals surface area contributed by atoms with Gasteiger partial charge in [-0.3, -0.25) is 4.68 Å². The van der Waals surface area contributed by atoms with Crippen LogP contribution in [-0.4, -0.2) is 22.1 Å². The van der Waals surface area contributed by atoms with E-state index in [9.17, 15) is 0 Å². The second kappa shape index (κ2) is 4.55. The van der Waals surface area contributed by atoms with E-state index in [4.69, 9.17) is 10.5 Å². The Morgan fingerprint density at radius 2 is 2.18 bits per heavy atom. The Kier molecular flexibility index (Phi) is 3.10. The van der Waals surface area contributed by atoms with Crippen molar-refractivity contribution in [2.24, 2.45) is 12.8 Å². The first-order valence-corrected chi connectivity index (χ1v) is 5.38. The first kappa shape index (κ1) is 11.6. The van der Waals surface area contributed by atoms with E-state index in [1.54, 1.807) is 18.0 Å². The quantitative estimate of drug-likeness (QED) is 0.863. The number of hydrogen-bond acceptors (Lipinski definition) is 4. The topological polar surface area (TPSA) is 66.0 Å². The predicted octanol–water partition coefficient (Wildman–Crippen LogP) is 1.18. The van der Waals surface area contributed by atoms with Gasteiger partial charge in [-0.15, -0.1) is 5.10 Å². The highest BCUT2D eigenvalue weighted by molar-refractivity contribution is 5.39. The molecule has 1 aromatic carbocycles. The third-order valence-electron chi connectivity index (χ3n) is 2.85. The molecule has 0 bridgehead atoms. The third-order valence-corrected chi connectivity index (χ3v) is 2.85. The van der Waals surface area contributed by atoms with Crippen LogP contribution in [0.25, 0.3) is 0 Å². The zero-order valence-corrected chi connectivity index (χ0v) is 10.2. The number of nitrogens with two attached hydrogens (primary N) is 1. The number of aryl methyl sites for hydroxylation is 2. The number of aromatic nitrogens is 3. The minimum absolute atomic E-state index is 0.223. The van der Waals surface area contributed by atoms with E-state index in [0.29, 0.717) is 0 Å². The van der Waals surface area contributed by atoms with Crippen LogP contribution in [0.2, 0.25) is 0 Å². The van der Waals surface area contributed by atoms with Crippen molar-refractivity contribution >= 4 is 0 Å². The fraction of sp³-hybridized carbons (Fsp3) is 0.333. The van der Waals surface area contributed by atoms with Crippen LogP contribution in [0.1, 0.15) is 22.9 Å². The molecule has 1 aromatic heterocycles. The molecule has 5 heteroatoms. The average Bonchev–Trinajstić information content (AvgIpc) is 2.74. The van der Waals surface area contributed by atoms with Gasteiger partial charge in [0.1, 0.15) is 5.75 Å². The molecule has 1 unspecified atom stereocenters. The van der Waals surface area contributed by atoms with Crippen molar-refractivity contribution in [3.63, 3.8) is 0 Å². The molecule has 1 atom stereocenters. The molecule has 1 heterocycles. The maximum atomic E-state index is 6.18. The van der Waals surface area contributed by atoms with Gasteiger partial charge in [0.25, 0.3) is 0 Å². The highest BCUT2D eigenvalue weighted by Gasteiger charge is 2.14. The highest BCUT2D eigenvalue weighted by Crippen LogP contribution is 2.24. The monoisotopic (exact) mass is 232 g/mol. The molecule has 0 saturated heterocycles. The molecule has 0 aliphatic heterocycles. The Hall–Kier alpha value is -1.88. The number of methoxy groups -OCH3 is 1.